The van der Waals surface area contributed by atoms with Gasteiger partial charge in [0.05, 0.1) is 11.6 Å². The minimum absolute atomic E-state index is 0.180. The highest BCUT2D eigenvalue weighted by molar-refractivity contribution is 9.10. The van der Waals surface area contributed by atoms with E-state index in [0.717, 1.165) is 21.1 Å². The molecule has 0 saturated heterocycles. The van der Waals surface area contributed by atoms with Crippen molar-refractivity contribution in [1.29, 1.82) is 0 Å². The standard InChI is InChI=1S/C12H12BrNO/c1-8(2)15-12-5-6-14-11-7-9(13)3-4-10(11)12/h3-8H,1-2H3. The molecule has 0 spiro atoms. The summed E-state index contributed by atoms with van der Waals surface area (Å²) in [6, 6.07) is 7.90. The Morgan fingerprint density at radius 3 is 2.80 bits per heavy atom. The molecule has 0 unspecified atom stereocenters. The van der Waals surface area contributed by atoms with Crippen molar-refractivity contribution < 1.29 is 4.74 Å². The largest absolute Gasteiger partial charge is 0.490 e. The van der Waals surface area contributed by atoms with Gasteiger partial charge in [0.1, 0.15) is 5.75 Å². The van der Waals surface area contributed by atoms with E-state index in [0.29, 0.717) is 0 Å². The van der Waals surface area contributed by atoms with Crippen molar-refractivity contribution in [2.24, 2.45) is 0 Å². The zero-order chi connectivity index (χ0) is 10.8. The number of nitrogens with zero attached hydrogens (tertiary/aromatic N) is 1. The molecule has 2 aromatic rings. The lowest BCUT2D eigenvalue weighted by molar-refractivity contribution is 0.245. The van der Waals surface area contributed by atoms with Crippen LogP contribution in [0, 0.1) is 0 Å². The van der Waals surface area contributed by atoms with Gasteiger partial charge >= 0.3 is 0 Å². The molecule has 15 heavy (non-hydrogen) atoms. The predicted molar refractivity (Wildman–Crippen MR) is 65.2 cm³/mol. The topological polar surface area (TPSA) is 22.1 Å². The summed E-state index contributed by atoms with van der Waals surface area (Å²) in [5.74, 6) is 0.891. The van der Waals surface area contributed by atoms with Gasteiger partial charge in [-0.15, -0.1) is 0 Å². The molecule has 1 heterocycles. The quantitative estimate of drug-likeness (QED) is 0.825. The number of hydrogen-bond donors (Lipinski definition) is 0. The first-order chi connectivity index (χ1) is 7.16. The Morgan fingerprint density at radius 2 is 2.07 bits per heavy atom. The van der Waals surface area contributed by atoms with Crippen LogP contribution in [0.4, 0.5) is 0 Å². The van der Waals surface area contributed by atoms with Gasteiger partial charge in [0, 0.05) is 16.1 Å². The smallest absolute Gasteiger partial charge is 0.130 e. The lowest BCUT2D eigenvalue weighted by atomic mass is 10.2. The van der Waals surface area contributed by atoms with E-state index in [4.69, 9.17) is 4.74 Å². The molecule has 0 aliphatic carbocycles. The maximum Gasteiger partial charge on any atom is 0.130 e. The van der Waals surface area contributed by atoms with Gasteiger partial charge in [-0.25, -0.2) is 0 Å². The molecule has 3 heteroatoms. The van der Waals surface area contributed by atoms with Gasteiger partial charge in [-0.3, -0.25) is 4.98 Å². The Bertz CT molecular complexity index is 482. The minimum atomic E-state index is 0.180. The van der Waals surface area contributed by atoms with Crippen LogP contribution in [0.1, 0.15) is 13.8 Å². The molecule has 2 rings (SSSR count). The van der Waals surface area contributed by atoms with Crippen molar-refractivity contribution in [3.63, 3.8) is 0 Å². The van der Waals surface area contributed by atoms with Crippen molar-refractivity contribution in [3.05, 3.63) is 34.9 Å². The highest BCUT2D eigenvalue weighted by atomic mass is 79.9. The normalized spacial score (nSPS) is 10.9. The minimum Gasteiger partial charge on any atom is -0.490 e. The first kappa shape index (κ1) is 10.4. The van der Waals surface area contributed by atoms with E-state index in [1.807, 2.05) is 38.1 Å². The molecule has 0 aliphatic heterocycles. The van der Waals surface area contributed by atoms with Crippen molar-refractivity contribution in [3.8, 4) is 5.75 Å². The number of pyridine rings is 1. The second-order valence-corrected chi connectivity index (χ2v) is 4.55. The Labute approximate surface area is 97.4 Å². The second-order valence-electron chi connectivity index (χ2n) is 3.64. The molecule has 0 atom stereocenters. The first-order valence-corrected chi connectivity index (χ1v) is 5.67. The molecule has 1 aromatic heterocycles. The number of fused-ring (bicyclic) bond motifs is 1. The maximum absolute atomic E-state index is 5.71. The Hall–Kier alpha value is -1.09. The van der Waals surface area contributed by atoms with Crippen molar-refractivity contribution in [1.82, 2.24) is 4.98 Å². The van der Waals surface area contributed by atoms with Crippen LogP contribution in [0.3, 0.4) is 0 Å². The van der Waals surface area contributed by atoms with Crippen LogP contribution in [0.25, 0.3) is 10.9 Å². The summed E-state index contributed by atoms with van der Waals surface area (Å²) in [7, 11) is 0. The zero-order valence-corrected chi connectivity index (χ0v) is 10.3. The van der Waals surface area contributed by atoms with E-state index in [1.54, 1.807) is 6.20 Å². The first-order valence-electron chi connectivity index (χ1n) is 4.88. The maximum atomic E-state index is 5.71. The summed E-state index contributed by atoms with van der Waals surface area (Å²) in [6.45, 7) is 4.04. The molecule has 0 bridgehead atoms. The van der Waals surface area contributed by atoms with Crippen molar-refractivity contribution in [2.45, 2.75) is 20.0 Å². The highest BCUT2D eigenvalue weighted by Crippen LogP contribution is 2.26. The van der Waals surface area contributed by atoms with Gasteiger partial charge in [0.15, 0.2) is 0 Å². The Morgan fingerprint density at radius 1 is 1.27 bits per heavy atom. The van der Waals surface area contributed by atoms with Gasteiger partial charge in [-0.2, -0.15) is 0 Å². The van der Waals surface area contributed by atoms with Gasteiger partial charge < -0.3 is 4.74 Å². The number of halogens is 1. The lowest BCUT2D eigenvalue weighted by Crippen LogP contribution is -2.05. The number of hydrogen-bond acceptors (Lipinski definition) is 2. The van der Waals surface area contributed by atoms with Crippen LogP contribution < -0.4 is 4.74 Å². The van der Waals surface area contributed by atoms with E-state index in [9.17, 15) is 0 Å². The molecule has 0 radical (unpaired) electrons. The molecule has 0 amide bonds. The average molecular weight is 266 g/mol. The monoisotopic (exact) mass is 265 g/mol. The third-order valence-electron chi connectivity index (χ3n) is 2.03. The van der Waals surface area contributed by atoms with E-state index in [1.165, 1.54) is 0 Å². The van der Waals surface area contributed by atoms with Gasteiger partial charge in [0.2, 0.25) is 0 Å². The van der Waals surface area contributed by atoms with E-state index < -0.39 is 0 Å². The molecule has 0 aliphatic rings. The SMILES string of the molecule is CC(C)Oc1ccnc2cc(Br)ccc12. The number of aromatic nitrogens is 1. The van der Waals surface area contributed by atoms with Crippen LogP contribution >= 0.6 is 15.9 Å². The van der Waals surface area contributed by atoms with Gasteiger partial charge in [-0.05, 0) is 38.1 Å². The third-order valence-corrected chi connectivity index (χ3v) is 2.52. The lowest BCUT2D eigenvalue weighted by Gasteiger charge is -2.11. The van der Waals surface area contributed by atoms with Crippen LogP contribution in [-0.2, 0) is 0 Å². The van der Waals surface area contributed by atoms with Crippen LogP contribution in [0.2, 0.25) is 0 Å². The summed E-state index contributed by atoms with van der Waals surface area (Å²) in [5, 5.41) is 1.05. The fraction of sp³-hybridized carbons (Fsp3) is 0.250. The third kappa shape index (κ3) is 2.29. The molecular formula is C12H12BrNO. The fourth-order valence-corrected chi connectivity index (χ4v) is 1.80. The molecule has 0 saturated carbocycles. The highest BCUT2D eigenvalue weighted by Gasteiger charge is 2.04. The fourth-order valence-electron chi connectivity index (χ4n) is 1.45. The number of rotatable bonds is 2. The van der Waals surface area contributed by atoms with E-state index >= 15 is 0 Å². The summed E-state index contributed by atoms with van der Waals surface area (Å²) in [5.41, 5.74) is 0.947. The van der Waals surface area contributed by atoms with E-state index in [-0.39, 0.29) is 6.10 Å². The van der Waals surface area contributed by atoms with E-state index in [2.05, 4.69) is 20.9 Å². The summed E-state index contributed by atoms with van der Waals surface area (Å²) < 4.78 is 6.74. The molecule has 78 valence electrons. The molecule has 0 fully saturated rings. The van der Waals surface area contributed by atoms with Crippen molar-refractivity contribution >= 4 is 26.8 Å². The molecule has 1 aromatic carbocycles. The second kappa shape index (κ2) is 4.19. The summed E-state index contributed by atoms with van der Waals surface area (Å²) in [4.78, 5) is 4.30. The number of benzene rings is 1. The van der Waals surface area contributed by atoms with Crippen LogP contribution in [0.15, 0.2) is 34.9 Å². The Kier molecular flexibility index (Phi) is 2.91. The Balaban J connectivity index is 2.56. The number of ether oxygens (including phenoxy) is 1. The summed E-state index contributed by atoms with van der Waals surface area (Å²) >= 11 is 3.43. The molecule has 0 N–H and O–H groups in total. The average Bonchev–Trinajstić information content (AvgIpc) is 2.16. The molecule has 2 nitrogen and oxygen atoms in total. The van der Waals surface area contributed by atoms with Gasteiger partial charge in [0.25, 0.3) is 0 Å². The van der Waals surface area contributed by atoms with Gasteiger partial charge in [-0.1, -0.05) is 15.9 Å². The zero-order valence-electron chi connectivity index (χ0n) is 8.70. The van der Waals surface area contributed by atoms with Crippen LogP contribution in [-0.4, -0.2) is 11.1 Å². The van der Waals surface area contributed by atoms with Crippen LogP contribution in [0.5, 0.6) is 5.75 Å². The summed E-state index contributed by atoms with van der Waals surface area (Å²) in [6.07, 6.45) is 1.95. The predicted octanol–water partition coefficient (Wildman–Crippen LogP) is 3.78. The molecular weight excluding hydrogens is 254 g/mol. The van der Waals surface area contributed by atoms with Crippen molar-refractivity contribution in [2.75, 3.05) is 0 Å².